The number of hydrogen-bond donors (Lipinski definition) is 0. The van der Waals surface area contributed by atoms with Crippen LogP contribution in [-0.4, -0.2) is 0 Å². The Morgan fingerprint density at radius 3 is 0.800 bits per heavy atom. The molecule has 0 aromatic carbocycles. The molecule has 0 aromatic heterocycles. The van der Waals surface area contributed by atoms with E-state index in [1.54, 1.807) is 0 Å². The molecule has 1 fully saturated rings. The Kier molecular flexibility index (Phi) is 79.0. The van der Waals surface area contributed by atoms with Gasteiger partial charge in [0.05, 0.1) is 0 Å². The summed E-state index contributed by atoms with van der Waals surface area (Å²) in [4.78, 5) is 0. The average Bonchev–Trinajstić information content (AvgIpc) is 2.22. The molecule has 0 atom stereocenters. The summed E-state index contributed by atoms with van der Waals surface area (Å²) in [5.74, 6) is 0. The smallest absolute Gasteiger partial charge is 0.0533 e. The van der Waals surface area contributed by atoms with Gasteiger partial charge in [-0.3, -0.25) is 0 Å². The van der Waals surface area contributed by atoms with Gasteiger partial charge in [-0.15, -0.1) is 13.2 Å². The Morgan fingerprint density at radius 1 is 0.667 bits per heavy atom. The molecule has 0 spiro atoms. The summed E-state index contributed by atoms with van der Waals surface area (Å²) in [6, 6.07) is 0. The van der Waals surface area contributed by atoms with E-state index in [2.05, 4.69) is 40.9 Å². The van der Waals surface area contributed by atoms with Crippen LogP contribution in [0.15, 0.2) is 13.2 Å². The van der Waals surface area contributed by atoms with E-state index in [-0.39, 0.29) is 0 Å². The number of rotatable bonds is 1. The van der Waals surface area contributed by atoms with Crippen molar-refractivity contribution < 1.29 is 0 Å². The highest BCUT2D eigenvalue weighted by atomic mass is 14.0. The summed E-state index contributed by atoms with van der Waals surface area (Å²) >= 11 is 0. The van der Waals surface area contributed by atoms with Crippen LogP contribution in [0, 0.1) is 0 Å². The van der Waals surface area contributed by atoms with Crippen LogP contribution in [0.1, 0.15) is 86.5 Å². The molecule has 0 N–H and O–H groups in total. The van der Waals surface area contributed by atoms with Gasteiger partial charge in [0.2, 0.25) is 0 Å². The van der Waals surface area contributed by atoms with E-state index in [0.717, 1.165) is 0 Å². The third-order valence-electron chi connectivity index (χ3n) is 1.50. The summed E-state index contributed by atoms with van der Waals surface area (Å²) in [6.45, 7) is 18.6. The molecule has 0 saturated heterocycles. The molecule has 0 amide bonds. The first kappa shape index (κ1) is 24.1. The Balaban J connectivity index is -0.0000000526. The molecule has 1 aliphatic carbocycles. The SMILES string of the molecule is C1CCC1.C=C.CC.CCC.CCCC. The van der Waals surface area contributed by atoms with Gasteiger partial charge < -0.3 is 0 Å². The second-order valence-electron chi connectivity index (χ2n) is 3.12. The molecule has 96 valence electrons. The van der Waals surface area contributed by atoms with Gasteiger partial charge >= 0.3 is 0 Å². The summed E-state index contributed by atoms with van der Waals surface area (Å²) in [5.41, 5.74) is 0. The molecule has 1 saturated carbocycles. The number of hydrogen-bond acceptors (Lipinski definition) is 0. The van der Waals surface area contributed by atoms with Crippen molar-refractivity contribution in [1.82, 2.24) is 0 Å². The molecule has 0 unspecified atom stereocenters. The molecule has 0 aliphatic heterocycles. The van der Waals surface area contributed by atoms with Crippen molar-refractivity contribution in [1.29, 1.82) is 0 Å². The zero-order valence-corrected chi connectivity index (χ0v) is 12.4. The summed E-state index contributed by atoms with van der Waals surface area (Å²) < 4.78 is 0. The van der Waals surface area contributed by atoms with E-state index in [1.165, 1.54) is 44.9 Å². The van der Waals surface area contributed by atoms with E-state index >= 15 is 0 Å². The van der Waals surface area contributed by atoms with E-state index < -0.39 is 0 Å². The second-order valence-corrected chi connectivity index (χ2v) is 3.12. The van der Waals surface area contributed by atoms with Crippen molar-refractivity contribution in [3.05, 3.63) is 13.2 Å². The predicted molar refractivity (Wildman–Crippen MR) is 77.6 cm³/mol. The van der Waals surface area contributed by atoms with Crippen LogP contribution in [0.4, 0.5) is 0 Å². The van der Waals surface area contributed by atoms with Crippen LogP contribution in [0.3, 0.4) is 0 Å². The van der Waals surface area contributed by atoms with E-state index in [1.807, 2.05) is 13.8 Å². The molecule has 0 bridgehead atoms. The molecule has 15 heavy (non-hydrogen) atoms. The highest BCUT2D eigenvalue weighted by Crippen LogP contribution is 2.15. The minimum absolute atomic E-state index is 1.25. The van der Waals surface area contributed by atoms with Crippen LogP contribution in [-0.2, 0) is 0 Å². The maximum absolute atomic E-state index is 3.00. The van der Waals surface area contributed by atoms with Gasteiger partial charge in [0, 0.05) is 0 Å². The van der Waals surface area contributed by atoms with Gasteiger partial charge in [-0.2, -0.15) is 0 Å². The second kappa shape index (κ2) is 49.1. The highest BCUT2D eigenvalue weighted by Gasteiger charge is 1.95. The van der Waals surface area contributed by atoms with E-state index in [9.17, 15) is 0 Å². The van der Waals surface area contributed by atoms with Crippen molar-refractivity contribution in [2.24, 2.45) is 0 Å². The maximum atomic E-state index is 3.00. The van der Waals surface area contributed by atoms with Crippen molar-refractivity contribution >= 4 is 0 Å². The quantitative estimate of drug-likeness (QED) is 0.432. The Bertz CT molecular complexity index is 38.0. The van der Waals surface area contributed by atoms with E-state index in [0.29, 0.717) is 0 Å². The van der Waals surface area contributed by atoms with Crippen molar-refractivity contribution in [3.63, 3.8) is 0 Å². The fourth-order valence-corrected chi connectivity index (χ4v) is 0.250. The molecular weight excluding hydrogens is 180 g/mol. The zero-order chi connectivity index (χ0) is 12.9. The normalized spacial score (nSPS) is 10.3. The minimum atomic E-state index is 1.25. The predicted octanol–water partition coefficient (Wildman–Crippen LogP) is 6.61. The lowest BCUT2D eigenvalue weighted by Crippen LogP contribution is -1.85. The van der Waals surface area contributed by atoms with Gasteiger partial charge in [0.25, 0.3) is 0 Å². The molecule has 0 nitrogen and oxygen atoms in total. The topological polar surface area (TPSA) is 0 Å². The fraction of sp³-hybridized carbons (Fsp3) is 0.867. The molecule has 1 rings (SSSR count). The molecule has 0 heterocycles. The Morgan fingerprint density at radius 2 is 0.800 bits per heavy atom. The lowest BCUT2D eigenvalue weighted by atomic mass is 10.0. The lowest BCUT2D eigenvalue weighted by molar-refractivity contribution is 0.504. The monoisotopic (exact) mass is 216 g/mol. The lowest BCUT2D eigenvalue weighted by Gasteiger charge is -2.05. The maximum Gasteiger partial charge on any atom is -0.0533 e. The van der Waals surface area contributed by atoms with Crippen molar-refractivity contribution in [2.75, 3.05) is 0 Å². The van der Waals surface area contributed by atoms with Crippen LogP contribution in [0.25, 0.3) is 0 Å². The molecule has 1 aliphatic rings. The van der Waals surface area contributed by atoms with Gasteiger partial charge in [-0.25, -0.2) is 0 Å². The average molecular weight is 216 g/mol. The third-order valence-corrected chi connectivity index (χ3v) is 1.50. The van der Waals surface area contributed by atoms with Gasteiger partial charge in [0.15, 0.2) is 0 Å². The van der Waals surface area contributed by atoms with E-state index in [4.69, 9.17) is 0 Å². The highest BCUT2D eigenvalue weighted by molar-refractivity contribution is 4.50. The van der Waals surface area contributed by atoms with Crippen molar-refractivity contribution in [3.8, 4) is 0 Å². The van der Waals surface area contributed by atoms with Gasteiger partial charge in [-0.05, 0) is 0 Å². The molecule has 0 heteroatoms. The van der Waals surface area contributed by atoms with Crippen LogP contribution < -0.4 is 0 Å². The first-order valence-corrected chi connectivity index (χ1v) is 6.83. The Hall–Kier alpha value is -0.260. The first-order valence-electron chi connectivity index (χ1n) is 6.83. The minimum Gasteiger partial charge on any atom is -0.106 e. The first-order chi connectivity index (χ1) is 7.33. The van der Waals surface area contributed by atoms with Gasteiger partial charge in [-0.1, -0.05) is 86.5 Å². The summed E-state index contributed by atoms with van der Waals surface area (Å²) in [6.07, 6.45) is 9.89. The van der Waals surface area contributed by atoms with Crippen LogP contribution in [0.2, 0.25) is 0 Å². The largest absolute Gasteiger partial charge is 0.106 e. The van der Waals surface area contributed by atoms with Crippen molar-refractivity contribution in [2.45, 2.75) is 86.5 Å². The fourth-order valence-electron chi connectivity index (χ4n) is 0.250. The standard InChI is InChI=1S/C4H8.C4H10.C3H8.C2H6.C2H4/c1-2-4-3-1;1-3-4-2;1-3-2;2*1-2/h1-4H2;3-4H2,1-2H3;3H2,1-2H3;1-2H3;1-2H2. The number of unbranched alkanes of at least 4 members (excludes halogenated alkanes) is 1. The molecule has 0 radical (unpaired) electrons. The van der Waals surface area contributed by atoms with Crippen LogP contribution in [0.5, 0.6) is 0 Å². The summed E-state index contributed by atoms with van der Waals surface area (Å²) in [5, 5.41) is 0. The summed E-state index contributed by atoms with van der Waals surface area (Å²) in [7, 11) is 0. The third kappa shape index (κ3) is 84.3. The molecular formula is C15H36. The Labute approximate surface area is 100 Å². The van der Waals surface area contributed by atoms with Gasteiger partial charge in [0.1, 0.15) is 0 Å². The van der Waals surface area contributed by atoms with Crippen LogP contribution >= 0.6 is 0 Å². The zero-order valence-electron chi connectivity index (χ0n) is 12.4. The molecule has 0 aromatic rings.